The second kappa shape index (κ2) is 5.60. The van der Waals surface area contributed by atoms with E-state index in [1.165, 1.54) is 11.5 Å². The maximum atomic E-state index is 12.4. The third-order valence-electron chi connectivity index (χ3n) is 3.85. The van der Waals surface area contributed by atoms with E-state index in [0.717, 1.165) is 47.2 Å². The van der Waals surface area contributed by atoms with Crippen LogP contribution in [0.4, 0.5) is 5.00 Å². The minimum Gasteiger partial charge on any atom is -0.345 e. The van der Waals surface area contributed by atoms with Gasteiger partial charge in [0.25, 0.3) is 0 Å². The van der Waals surface area contributed by atoms with Crippen LogP contribution in [-0.4, -0.2) is 20.2 Å². The van der Waals surface area contributed by atoms with Crippen LogP contribution in [0.1, 0.15) is 49.1 Å². The largest absolute Gasteiger partial charge is 0.345 e. The molecule has 0 aliphatic heterocycles. The van der Waals surface area contributed by atoms with Crippen molar-refractivity contribution in [2.24, 2.45) is 5.92 Å². The van der Waals surface area contributed by atoms with E-state index in [4.69, 9.17) is 0 Å². The highest BCUT2D eigenvalue weighted by molar-refractivity contribution is 7.10. The molecule has 1 atom stereocenters. The Hall–Kier alpha value is -1.69. The lowest BCUT2D eigenvalue weighted by Gasteiger charge is -2.20. The van der Waals surface area contributed by atoms with Gasteiger partial charge in [0.05, 0.1) is 11.4 Å². The predicted molar refractivity (Wildman–Crippen MR) is 83.7 cm³/mol. The van der Waals surface area contributed by atoms with Crippen LogP contribution in [0, 0.1) is 12.8 Å². The highest BCUT2D eigenvalue weighted by atomic mass is 32.1. The molecule has 3 rings (SSSR count). The summed E-state index contributed by atoms with van der Waals surface area (Å²) >= 11 is 1.33. The summed E-state index contributed by atoms with van der Waals surface area (Å²) in [6.45, 7) is 6.18. The van der Waals surface area contributed by atoms with E-state index in [2.05, 4.69) is 33.5 Å². The Morgan fingerprint density at radius 3 is 3.00 bits per heavy atom. The van der Waals surface area contributed by atoms with Gasteiger partial charge in [0, 0.05) is 24.0 Å². The topological polar surface area (TPSA) is 70.7 Å². The standard InChI is InChI=1S/C15H20N4OS/c1-8(2)14-16-11-5-4-10(7-12(11)17-14)15(20)18-13-6-9(3)19-21-13/h6,8,10H,4-5,7H2,1-3H3,(H,16,17)(H,18,20). The van der Waals surface area contributed by atoms with Gasteiger partial charge in [-0.15, -0.1) is 0 Å². The number of imidazole rings is 1. The summed E-state index contributed by atoms with van der Waals surface area (Å²) in [6, 6.07) is 1.91. The Labute approximate surface area is 128 Å². The normalized spacial score (nSPS) is 17.8. The number of hydrogen-bond donors (Lipinski definition) is 2. The summed E-state index contributed by atoms with van der Waals surface area (Å²) in [5.41, 5.74) is 3.21. The molecule has 0 aromatic carbocycles. The average Bonchev–Trinajstić information content (AvgIpc) is 3.03. The maximum absolute atomic E-state index is 12.4. The summed E-state index contributed by atoms with van der Waals surface area (Å²) in [5, 5.41) is 3.81. The van der Waals surface area contributed by atoms with E-state index < -0.39 is 0 Å². The number of hydrogen-bond acceptors (Lipinski definition) is 4. The van der Waals surface area contributed by atoms with Crippen LogP contribution in [-0.2, 0) is 17.6 Å². The molecule has 0 bridgehead atoms. The first-order valence-electron chi connectivity index (χ1n) is 7.34. The second-order valence-electron chi connectivity index (χ2n) is 5.96. The van der Waals surface area contributed by atoms with Crippen LogP contribution in [0.3, 0.4) is 0 Å². The number of carbonyl (C=O) groups is 1. The van der Waals surface area contributed by atoms with Crippen molar-refractivity contribution in [3.63, 3.8) is 0 Å². The first-order chi connectivity index (χ1) is 10.0. The van der Waals surface area contributed by atoms with Gasteiger partial charge in [-0.3, -0.25) is 4.79 Å². The lowest BCUT2D eigenvalue weighted by molar-refractivity contribution is -0.120. The third kappa shape index (κ3) is 3.00. The van der Waals surface area contributed by atoms with Gasteiger partial charge in [-0.25, -0.2) is 4.98 Å². The molecule has 2 aromatic heterocycles. The van der Waals surface area contributed by atoms with Crippen molar-refractivity contribution in [1.82, 2.24) is 14.3 Å². The molecule has 5 nitrogen and oxygen atoms in total. The molecular formula is C15H20N4OS. The van der Waals surface area contributed by atoms with E-state index in [0.29, 0.717) is 5.92 Å². The van der Waals surface area contributed by atoms with Gasteiger partial charge in [0.1, 0.15) is 10.8 Å². The number of nitrogens with zero attached hydrogens (tertiary/aromatic N) is 2. The molecule has 0 spiro atoms. The van der Waals surface area contributed by atoms with E-state index >= 15 is 0 Å². The van der Waals surface area contributed by atoms with Crippen molar-refractivity contribution < 1.29 is 4.79 Å². The highest BCUT2D eigenvalue weighted by Gasteiger charge is 2.27. The molecule has 1 amide bonds. The zero-order valence-corrected chi connectivity index (χ0v) is 13.4. The molecule has 1 aliphatic carbocycles. The van der Waals surface area contributed by atoms with Crippen molar-refractivity contribution in [3.05, 3.63) is 29.0 Å². The lowest BCUT2D eigenvalue weighted by Crippen LogP contribution is -2.27. The third-order valence-corrected chi connectivity index (χ3v) is 4.65. The molecule has 0 saturated heterocycles. The first-order valence-corrected chi connectivity index (χ1v) is 8.12. The van der Waals surface area contributed by atoms with Gasteiger partial charge >= 0.3 is 0 Å². The smallest absolute Gasteiger partial charge is 0.228 e. The molecule has 112 valence electrons. The Kier molecular flexibility index (Phi) is 3.80. The molecule has 1 unspecified atom stereocenters. The van der Waals surface area contributed by atoms with Crippen LogP contribution in [0.25, 0.3) is 0 Å². The number of fused-ring (bicyclic) bond motifs is 1. The van der Waals surface area contributed by atoms with Crippen molar-refractivity contribution in [2.45, 2.75) is 46.0 Å². The van der Waals surface area contributed by atoms with E-state index in [9.17, 15) is 4.79 Å². The van der Waals surface area contributed by atoms with Gasteiger partial charge in [-0.2, -0.15) is 4.37 Å². The lowest BCUT2D eigenvalue weighted by atomic mass is 9.89. The highest BCUT2D eigenvalue weighted by Crippen LogP contribution is 2.27. The molecule has 0 radical (unpaired) electrons. The summed E-state index contributed by atoms with van der Waals surface area (Å²) < 4.78 is 4.18. The van der Waals surface area contributed by atoms with Crippen LogP contribution in [0.15, 0.2) is 6.07 Å². The molecule has 21 heavy (non-hydrogen) atoms. The average molecular weight is 304 g/mol. The molecule has 0 fully saturated rings. The van der Waals surface area contributed by atoms with E-state index in [1.54, 1.807) is 0 Å². The fourth-order valence-corrected chi connectivity index (χ4v) is 3.31. The molecule has 0 saturated carbocycles. The van der Waals surface area contributed by atoms with Crippen molar-refractivity contribution in [2.75, 3.05) is 5.32 Å². The number of rotatable bonds is 3. The fourth-order valence-electron chi connectivity index (χ4n) is 2.65. The van der Waals surface area contributed by atoms with Crippen LogP contribution < -0.4 is 5.32 Å². The van der Waals surface area contributed by atoms with Gasteiger partial charge < -0.3 is 10.3 Å². The van der Waals surface area contributed by atoms with Gasteiger partial charge in [0.15, 0.2) is 0 Å². The molecule has 2 aromatic rings. The SMILES string of the molecule is Cc1cc(NC(=O)C2CCc3nc(C(C)C)[nH]c3C2)sn1. The number of amides is 1. The maximum Gasteiger partial charge on any atom is 0.228 e. The Balaban J connectivity index is 1.69. The number of aromatic amines is 1. The minimum absolute atomic E-state index is 0.0142. The van der Waals surface area contributed by atoms with Crippen molar-refractivity contribution >= 4 is 22.4 Å². The molecular weight excluding hydrogens is 284 g/mol. The minimum atomic E-state index is 0.0142. The van der Waals surface area contributed by atoms with Crippen molar-refractivity contribution in [1.29, 1.82) is 0 Å². The monoisotopic (exact) mass is 304 g/mol. The number of aromatic nitrogens is 3. The Morgan fingerprint density at radius 1 is 1.52 bits per heavy atom. The van der Waals surface area contributed by atoms with E-state index in [-0.39, 0.29) is 11.8 Å². The number of carbonyl (C=O) groups excluding carboxylic acids is 1. The number of aryl methyl sites for hydroxylation is 2. The number of anilines is 1. The van der Waals surface area contributed by atoms with Crippen LogP contribution in [0.2, 0.25) is 0 Å². The van der Waals surface area contributed by atoms with E-state index in [1.807, 2.05) is 13.0 Å². The molecule has 6 heteroatoms. The summed E-state index contributed by atoms with van der Waals surface area (Å²) in [5.74, 6) is 1.52. The zero-order valence-electron chi connectivity index (χ0n) is 12.6. The van der Waals surface area contributed by atoms with Gasteiger partial charge in [-0.1, -0.05) is 13.8 Å². The van der Waals surface area contributed by atoms with Crippen molar-refractivity contribution in [3.8, 4) is 0 Å². The molecule has 1 aliphatic rings. The zero-order chi connectivity index (χ0) is 15.0. The van der Waals surface area contributed by atoms with Gasteiger partial charge in [0.2, 0.25) is 5.91 Å². The Bertz CT molecular complexity index is 658. The predicted octanol–water partition coefficient (Wildman–Crippen LogP) is 3.04. The summed E-state index contributed by atoms with van der Waals surface area (Å²) in [4.78, 5) is 20.4. The quantitative estimate of drug-likeness (QED) is 0.915. The van der Waals surface area contributed by atoms with Crippen LogP contribution in [0.5, 0.6) is 0 Å². The first kappa shape index (κ1) is 14.3. The Morgan fingerprint density at radius 2 is 2.33 bits per heavy atom. The second-order valence-corrected chi connectivity index (χ2v) is 6.77. The number of H-pyrrole nitrogens is 1. The summed E-state index contributed by atoms with van der Waals surface area (Å²) in [6.07, 6.45) is 2.48. The summed E-state index contributed by atoms with van der Waals surface area (Å²) in [7, 11) is 0. The fraction of sp³-hybridized carbons (Fsp3) is 0.533. The molecule has 2 N–H and O–H groups in total. The van der Waals surface area contributed by atoms with Gasteiger partial charge in [-0.05, 0) is 37.4 Å². The molecule has 2 heterocycles. The van der Waals surface area contributed by atoms with Crippen LogP contribution >= 0.6 is 11.5 Å². The number of nitrogens with one attached hydrogen (secondary N) is 2.